The molecule has 0 aliphatic carbocycles. The van der Waals surface area contributed by atoms with E-state index in [1.807, 2.05) is 30.3 Å². The van der Waals surface area contributed by atoms with Crippen LogP contribution in [0, 0.1) is 6.92 Å². The lowest BCUT2D eigenvalue weighted by Crippen LogP contribution is -2.32. The Morgan fingerprint density at radius 2 is 2.11 bits per heavy atom. The molecule has 1 atom stereocenters. The fraction of sp³-hybridized carbons (Fsp3) is 0.231. The third-order valence-electron chi connectivity index (χ3n) is 2.86. The molecule has 1 aromatic heterocycles. The normalized spacial score (nSPS) is 12.4. The van der Waals surface area contributed by atoms with Crippen LogP contribution in [0.15, 0.2) is 30.3 Å². The van der Waals surface area contributed by atoms with Crippen molar-refractivity contribution in [3.63, 3.8) is 0 Å². The molecule has 100 valence electrons. The van der Waals surface area contributed by atoms with E-state index in [1.165, 1.54) is 0 Å². The maximum atomic E-state index is 10.8. The predicted octanol–water partition coefficient (Wildman–Crippen LogP) is 1.79. The first-order valence-electron chi connectivity index (χ1n) is 5.78. The van der Waals surface area contributed by atoms with Gasteiger partial charge in [0.05, 0.1) is 11.4 Å². The second-order valence-electron chi connectivity index (χ2n) is 4.25. The summed E-state index contributed by atoms with van der Waals surface area (Å²) in [7, 11) is 0. The molecule has 0 spiro atoms. The molecule has 0 bridgehead atoms. The van der Waals surface area contributed by atoms with Crippen LogP contribution in [-0.4, -0.2) is 26.9 Å². The van der Waals surface area contributed by atoms with Crippen molar-refractivity contribution in [3.8, 4) is 5.69 Å². The Hall–Kier alpha value is -1.85. The van der Waals surface area contributed by atoms with Crippen LogP contribution >= 0.6 is 11.6 Å². The Balaban J connectivity index is 2.38. The Morgan fingerprint density at radius 3 is 2.68 bits per heavy atom. The van der Waals surface area contributed by atoms with Gasteiger partial charge in [0.25, 0.3) is 0 Å². The Kier molecular flexibility index (Phi) is 3.87. The topological polar surface area (TPSA) is 81.1 Å². The molecule has 1 heterocycles. The van der Waals surface area contributed by atoms with Gasteiger partial charge in [0.1, 0.15) is 11.2 Å². The van der Waals surface area contributed by atoms with Crippen molar-refractivity contribution in [2.75, 3.05) is 0 Å². The van der Waals surface area contributed by atoms with E-state index in [2.05, 4.69) is 5.10 Å². The highest BCUT2D eigenvalue weighted by Gasteiger charge is 2.20. The molecule has 19 heavy (non-hydrogen) atoms. The zero-order valence-electron chi connectivity index (χ0n) is 10.4. The van der Waals surface area contributed by atoms with E-state index in [0.717, 1.165) is 5.69 Å². The molecule has 0 aliphatic rings. The molecule has 2 rings (SSSR count). The van der Waals surface area contributed by atoms with E-state index in [0.29, 0.717) is 16.4 Å². The minimum Gasteiger partial charge on any atom is -0.480 e. The third kappa shape index (κ3) is 2.77. The number of aromatic nitrogens is 2. The van der Waals surface area contributed by atoms with Gasteiger partial charge < -0.3 is 10.8 Å². The lowest BCUT2D eigenvalue weighted by Gasteiger charge is -2.06. The van der Waals surface area contributed by atoms with Gasteiger partial charge in [0, 0.05) is 12.0 Å². The molecule has 6 heteroatoms. The van der Waals surface area contributed by atoms with Gasteiger partial charge in [-0.1, -0.05) is 29.8 Å². The first-order chi connectivity index (χ1) is 9.00. The van der Waals surface area contributed by atoms with Crippen LogP contribution in [0.3, 0.4) is 0 Å². The van der Waals surface area contributed by atoms with Crippen LogP contribution in [0.25, 0.3) is 5.69 Å². The average Bonchev–Trinajstić information content (AvgIpc) is 2.67. The number of carbonyl (C=O) groups is 1. The molecule has 3 N–H and O–H groups in total. The number of aryl methyl sites for hydroxylation is 1. The molecule has 5 nitrogen and oxygen atoms in total. The van der Waals surface area contributed by atoms with Gasteiger partial charge in [-0.25, -0.2) is 4.68 Å². The van der Waals surface area contributed by atoms with E-state index < -0.39 is 12.0 Å². The smallest absolute Gasteiger partial charge is 0.320 e. The number of rotatable bonds is 4. The molecule has 0 amide bonds. The number of aliphatic carboxylic acids is 1. The number of hydrogen-bond donors (Lipinski definition) is 2. The van der Waals surface area contributed by atoms with Gasteiger partial charge in [-0.15, -0.1) is 0 Å². The third-order valence-corrected chi connectivity index (χ3v) is 3.25. The average molecular weight is 280 g/mol. The number of benzene rings is 1. The van der Waals surface area contributed by atoms with Gasteiger partial charge in [-0.3, -0.25) is 4.79 Å². The fourth-order valence-corrected chi connectivity index (χ4v) is 2.16. The summed E-state index contributed by atoms with van der Waals surface area (Å²) in [5.41, 5.74) is 7.72. The predicted molar refractivity (Wildman–Crippen MR) is 72.6 cm³/mol. The Labute approximate surface area is 115 Å². The number of nitrogens with two attached hydrogens (primary N) is 1. The van der Waals surface area contributed by atoms with Crippen molar-refractivity contribution in [2.45, 2.75) is 19.4 Å². The number of hydrogen-bond acceptors (Lipinski definition) is 3. The second kappa shape index (κ2) is 5.42. The SMILES string of the molecule is Cc1nn(-c2ccccc2)c(Cl)c1CC(N)C(=O)O. The Bertz CT molecular complexity index is 595. The zero-order chi connectivity index (χ0) is 14.0. The summed E-state index contributed by atoms with van der Waals surface area (Å²) in [5.74, 6) is -1.05. The highest BCUT2D eigenvalue weighted by atomic mass is 35.5. The number of para-hydroxylation sites is 1. The number of nitrogens with zero attached hydrogens (tertiary/aromatic N) is 2. The van der Waals surface area contributed by atoms with Crippen molar-refractivity contribution >= 4 is 17.6 Å². The van der Waals surface area contributed by atoms with E-state index in [9.17, 15) is 4.79 Å². The summed E-state index contributed by atoms with van der Waals surface area (Å²) >= 11 is 6.26. The summed E-state index contributed by atoms with van der Waals surface area (Å²) in [4.78, 5) is 10.8. The van der Waals surface area contributed by atoms with Crippen molar-refractivity contribution < 1.29 is 9.90 Å². The van der Waals surface area contributed by atoms with Gasteiger partial charge in [0.2, 0.25) is 0 Å². The van der Waals surface area contributed by atoms with Gasteiger partial charge >= 0.3 is 5.97 Å². The highest BCUT2D eigenvalue weighted by molar-refractivity contribution is 6.30. The molecule has 0 saturated heterocycles. The van der Waals surface area contributed by atoms with Crippen molar-refractivity contribution in [2.24, 2.45) is 5.73 Å². The largest absolute Gasteiger partial charge is 0.480 e. The number of halogens is 1. The van der Waals surface area contributed by atoms with Crippen molar-refractivity contribution in [1.29, 1.82) is 0 Å². The zero-order valence-corrected chi connectivity index (χ0v) is 11.1. The van der Waals surface area contributed by atoms with Gasteiger partial charge in [-0.05, 0) is 19.1 Å². The number of carboxylic acid groups (broad SMARTS) is 1. The lowest BCUT2D eigenvalue weighted by molar-refractivity contribution is -0.138. The number of carboxylic acids is 1. The monoisotopic (exact) mass is 279 g/mol. The van der Waals surface area contributed by atoms with Crippen LogP contribution in [0.5, 0.6) is 0 Å². The maximum absolute atomic E-state index is 10.8. The minimum absolute atomic E-state index is 0.160. The lowest BCUT2D eigenvalue weighted by atomic mass is 10.1. The quantitative estimate of drug-likeness (QED) is 0.894. The van der Waals surface area contributed by atoms with Gasteiger partial charge in [-0.2, -0.15) is 5.10 Å². The summed E-state index contributed by atoms with van der Waals surface area (Å²) in [6.07, 6.45) is 0.160. The van der Waals surface area contributed by atoms with Crippen LogP contribution in [0.1, 0.15) is 11.3 Å². The fourth-order valence-electron chi connectivity index (χ4n) is 1.81. The van der Waals surface area contributed by atoms with E-state index in [4.69, 9.17) is 22.4 Å². The maximum Gasteiger partial charge on any atom is 0.320 e. The molecular formula is C13H14ClN3O2. The van der Waals surface area contributed by atoms with Crippen molar-refractivity contribution in [3.05, 3.63) is 46.7 Å². The molecule has 1 aromatic carbocycles. The van der Waals surface area contributed by atoms with Crippen LogP contribution in [-0.2, 0) is 11.2 Å². The first kappa shape index (κ1) is 13.6. The molecule has 2 aromatic rings. The molecule has 0 saturated carbocycles. The van der Waals surface area contributed by atoms with E-state index in [1.54, 1.807) is 11.6 Å². The molecule has 0 aliphatic heterocycles. The summed E-state index contributed by atoms with van der Waals surface area (Å²) < 4.78 is 1.58. The standard InChI is InChI=1S/C13H14ClN3O2/c1-8-10(7-11(15)13(18)19)12(14)17(16-8)9-5-3-2-4-6-9/h2-6,11H,7,15H2,1H3,(H,18,19). The molecule has 0 fully saturated rings. The summed E-state index contributed by atoms with van der Waals surface area (Å²) in [5, 5.41) is 13.6. The van der Waals surface area contributed by atoms with Crippen LogP contribution < -0.4 is 5.73 Å². The molecule has 0 radical (unpaired) electrons. The highest BCUT2D eigenvalue weighted by Crippen LogP contribution is 2.24. The van der Waals surface area contributed by atoms with E-state index >= 15 is 0 Å². The Morgan fingerprint density at radius 1 is 1.47 bits per heavy atom. The minimum atomic E-state index is -1.05. The first-order valence-corrected chi connectivity index (χ1v) is 6.16. The molecular weight excluding hydrogens is 266 g/mol. The molecule has 1 unspecified atom stereocenters. The van der Waals surface area contributed by atoms with Crippen molar-refractivity contribution in [1.82, 2.24) is 9.78 Å². The second-order valence-corrected chi connectivity index (χ2v) is 4.61. The van der Waals surface area contributed by atoms with E-state index in [-0.39, 0.29) is 6.42 Å². The van der Waals surface area contributed by atoms with Crippen LogP contribution in [0.4, 0.5) is 0 Å². The van der Waals surface area contributed by atoms with Gasteiger partial charge in [0.15, 0.2) is 0 Å². The summed E-state index contributed by atoms with van der Waals surface area (Å²) in [6, 6.07) is 8.43. The summed E-state index contributed by atoms with van der Waals surface area (Å²) in [6.45, 7) is 1.79. The van der Waals surface area contributed by atoms with Crippen LogP contribution in [0.2, 0.25) is 5.15 Å².